The molecule has 2 N–H and O–H groups in total. The van der Waals surface area contributed by atoms with Crippen molar-refractivity contribution >= 4 is 16.7 Å². The molecule has 0 bridgehead atoms. The normalized spacial score (nSPS) is 17.6. The Labute approximate surface area is 106 Å². The fourth-order valence-corrected chi connectivity index (χ4v) is 2.47. The Morgan fingerprint density at radius 3 is 2.50 bits per heavy atom. The molecule has 1 aliphatic rings. The summed E-state index contributed by atoms with van der Waals surface area (Å²) in [6.45, 7) is 3.24. The molecule has 0 aromatic heterocycles. The topological polar surface area (TPSA) is 46.3 Å². The van der Waals surface area contributed by atoms with Crippen molar-refractivity contribution < 1.29 is 4.79 Å². The van der Waals surface area contributed by atoms with E-state index in [1.165, 1.54) is 0 Å². The van der Waals surface area contributed by atoms with E-state index in [-0.39, 0.29) is 11.4 Å². The number of fused-ring (bicyclic) bond motifs is 1. The van der Waals surface area contributed by atoms with Gasteiger partial charge < -0.3 is 10.6 Å². The van der Waals surface area contributed by atoms with Gasteiger partial charge in [0.25, 0.3) is 5.91 Å². The van der Waals surface area contributed by atoms with Crippen molar-refractivity contribution in [3.8, 4) is 0 Å². The van der Waals surface area contributed by atoms with E-state index >= 15 is 0 Å². The fourth-order valence-electron chi connectivity index (χ4n) is 2.47. The number of carbonyl (C=O) groups is 1. The van der Waals surface area contributed by atoms with Crippen LogP contribution in [0.3, 0.4) is 0 Å². The number of nitrogens with zero attached hydrogens (tertiary/aromatic N) is 1. The summed E-state index contributed by atoms with van der Waals surface area (Å²) in [5, 5.41) is 2.25. The highest BCUT2D eigenvalue weighted by atomic mass is 16.2. The minimum Gasteiger partial charge on any atom is -0.335 e. The van der Waals surface area contributed by atoms with Gasteiger partial charge in [-0.15, -0.1) is 0 Å². The lowest BCUT2D eigenvalue weighted by Gasteiger charge is -2.45. The molecule has 18 heavy (non-hydrogen) atoms. The van der Waals surface area contributed by atoms with Crippen molar-refractivity contribution in [2.45, 2.75) is 12.5 Å². The molecule has 2 aromatic rings. The van der Waals surface area contributed by atoms with Gasteiger partial charge in [0.1, 0.15) is 0 Å². The fraction of sp³-hybridized carbons (Fsp3) is 0.267. The van der Waals surface area contributed by atoms with Crippen LogP contribution < -0.4 is 5.73 Å². The van der Waals surface area contributed by atoms with Gasteiger partial charge in [0.05, 0.1) is 0 Å². The van der Waals surface area contributed by atoms with Crippen LogP contribution in [0.5, 0.6) is 0 Å². The second kappa shape index (κ2) is 3.82. The average Bonchev–Trinajstić information content (AvgIpc) is 2.34. The van der Waals surface area contributed by atoms with E-state index in [4.69, 9.17) is 5.73 Å². The van der Waals surface area contributed by atoms with Gasteiger partial charge in [-0.05, 0) is 29.8 Å². The Morgan fingerprint density at radius 2 is 1.83 bits per heavy atom. The molecule has 0 atom stereocenters. The molecule has 1 heterocycles. The molecule has 2 aromatic carbocycles. The summed E-state index contributed by atoms with van der Waals surface area (Å²) >= 11 is 0. The van der Waals surface area contributed by atoms with Gasteiger partial charge in [-0.2, -0.15) is 0 Å². The lowest BCUT2D eigenvalue weighted by molar-refractivity contribution is 0.0454. The van der Waals surface area contributed by atoms with Gasteiger partial charge in [-0.25, -0.2) is 0 Å². The van der Waals surface area contributed by atoms with E-state index in [0.717, 1.165) is 16.3 Å². The van der Waals surface area contributed by atoms with E-state index in [2.05, 4.69) is 0 Å². The third-order valence-corrected chi connectivity index (χ3v) is 3.39. The van der Waals surface area contributed by atoms with Crippen LogP contribution in [0, 0.1) is 0 Å². The number of carbonyl (C=O) groups excluding carboxylic acids is 1. The zero-order chi connectivity index (χ0) is 12.8. The highest BCUT2D eigenvalue weighted by Crippen LogP contribution is 2.22. The largest absolute Gasteiger partial charge is 0.335 e. The smallest absolute Gasteiger partial charge is 0.254 e. The van der Waals surface area contributed by atoms with Gasteiger partial charge in [0.2, 0.25) is 0 Å². The molecule has 3 heteroatoms. The molecule has 0 saturated carbocycles. The zero-order valence-electron chi connectivity index (χ0n) is 10.4. The summed E-state index contributed by atoms with van der Waals surface area (Å²) in [4.78, 5) is 14.0. The van der Waals surface area contributed by atoms with Gasteiger partial charge in [-0.3, -0.25) is 4.79 Å². The zero-order valence-corrected chi connectivity index (χ0v) is 10.4. The van der Waals surface area contributed by atoms with Crippen LogP contribution in [0.1, 0.15) is 17.3 Å². The van der Waals surface area contributed by atoms with Crippen LogP contribution in [0.4, 0.5) is 0 Å². The van der Waals surface area contributed by atoms with Crippen molar-refractivity contribution in [3.05, 3.63) is 48.0 Å². The molecule has 1 aliphatic heterocycles. The molecule has 1 fully saturated rings. The molecule has 1 saturated heterocycles. The van der Waals surface area contributed by atoms with Crippen molar-refractivity contribution in [1.82, 2.24) is 4.90 Å². The first-order valence-electron chi connectivity index (χ1n) is 6.12. The summed E-state index contributed by atoms with van der Waals surface area (Å²) in [5.41, 5.74) is 6.45. The molecular weight excluding hydrogens is 224 g/mol. The number of hydrogen-bond donors (Lipinski definition) is 1. The lowest BCUT2D eigenvalue weighted by Crippen LogP contribution is -2.66. The summed E-state index contributed by atoms with van der Waals surface area (Å²) in [6.07, 6.45) is 0. The predicted octanol–water partition coefficient (Wildman–Crippen LogP) is 2.01. The number of amides is 1. The number of likely N-dealkylation sites (tertiary alicyclic amines) is 1. The SMILES string of the molecule is CC1(N)CN(C(=O)c2ccc3ccccc3c2)C1. The Bertz CT molecular complexity index is 611. The second-order valence-electron chi connectivity index (χ2n) is 5.38. The Morgan fingerprint density at radius 1 is 1.17 bits per heavy atom. The van der Waals surface area contributed by atoms with Gasteiger partial charge in [0, 0.05) is 24.2 Å². The van der Waals surface area contributed by atoms with E-state index < -0.39 is 0 Å². The third kappa shape index (κ3) is 1.87. The first-order valence-corrected chi connectivity index (χ1v) is 6.12. The number of nitrogens with two attached hydrogens (primary N) is 1. The number of hydrogen-bond acceptors (Lipinski definition) is 2. The van der Waals surface area contributed by atoms with E-state index in [0.29, 0.717) is 13.1 Å². The maximum Gasteiger partial charge on any atom is 0.254 e. The minimum atomic E-state index is -0.216. The molecule has 3 nitrogen and oxygen atoms in total. The molecule has 3 rings (SSSR count). The summed E-state index contributed by atoms with van der Waals surface area (Å²) in [6, 6.07) is 13.9. The Balaban J connectivity index is 1.88. The predicted molar refractivity (Wildman–Crippen MR) is 72.4 cm³/mol. The van der Waals surface area contributed by atoms with Crippen molar-refractivity contribution in [3.63, 3.8) is 0 Å². The van der Waals surface area contributed by atoms with Gasteiger partial charge in [-0.1, -0.05) is 30.3 Å². The summed E-state index contributed by atoms with van der Waals surface area (Å²) in [5.74, 6) is 0.0729. The molecular formula is C15H16N2O. The van der Waals surface area contributed by atoms with E-state index in [9.17, 15) is 4.79 Å². The van der Waals surface area contributed by atoms with Crippen molar-refractivity contribution in [2.24, 2.45) is 5.73 Å². The maximum atomic E-state index is 12.2. The van der Waals surface area contributed by atoms with Crippen molar-refractivity contribution in [2.75, 3.05) is 13.1 Å². The van der Waals surface area contributed by atoms with Crippen LogP contribution >= 0.6 is 0 Å². The number of benzene rings is 2. The first kappa shape index (κ1) is 11.2. The van der Waals surface area contributed by atoms with E-state index in [1.54, 1.807) is 4.90 Å². The van der Waals surface area contributed by atoms with Gasteiger partial charge in [0.15, 0.2) is 0 Å². The average molecular weight is 240 g/mol. The molecule has 0 aliphatic carbocycles. The lowest BCUT2D eigenvalue weighted by atomic mass is 9.92. The molecule has 0 unspecified atom stereocenters. The molecule has 0 spiro atoms. The van der Waals surface area contributed by atoms with Crippen LogP contribution in [0.2, 0.25) is 0 Å². The standard InChI is InChI=1S/C15H16N2O/c1-15(16)9-17(10-15)14(18)13-7-6-11-4-2-3-5-12(11)8-13/h2-8H,9-10,16H2,1H3. The van der Waals surface area contributed by atoms with Gasteiger partial charge >= 0.3 is 0 Å². The first-order chi connectivity index (χ1) is 8.55. The van der Waals surface area contributed by atoms with Crippen LogP contribution in [0.15, 0.2) is 42.5 Å². The highest BCUT2D eigenvalue weighted by molar-refractivity contribution is 5.99. The Kier molecular flexibility index (Phi) is 2.38. The second-order valence-corrected chi connectivity index (χ2v) is 5.38. The minimum absolute atomic E-state index is 0.0729. The molecule has 92 valence electrons. The van der Waals surface area contributed by atoms with E-state index in [1.807, 2.05) is 49.4 Å². The molecule has 0 radical (unpaired) electrons. The summed E-state index contributed by atoms with van der Waals surface area (Å²) in [7, 11) is 0. The summed E-state index contributed by atoms with van der Waals surface area (Å²) < 4.78 is 0. The quantitative estimate of drug-likeness (QED) is 0.828. The van der Waals surface area contributed by atoms with Crippen molar-refractivity contribution in [1.29, 1.82) is 0 Å². The van der Waals surface area contributed by atoms with Crippen LogP contribution in [-0.2, 0) is 0 Å². The monoisotopic (exact) mass is 240 g/mol. The van der Waals surface area contributed by atoms with Crippen LogP contribution in [-0.4, -0.2) is 29.4 Å². The highest BCUT2D eigenvalue weighted by Gasteiger charge is 2.38. The molecule has 1 amide bonds. The Hall–Kier alpha value is -1.87. The van der Waals surface area contributed by atoms with Crippen LogP contribution in [0.25, 0.3) is 10.8 Å². The third-order valence-electron chi connectivity index (χ3n) is 3.39. The number of rotatable bonds is 1. The maximum absolute atomic E-state index is 12.2.